The van der Waals surface area contributed by atoms with Crippen LogP contribution < -0.4 is 24.4 Å². The number of phenols is 1. The van der Waals surface area contributed by atoms with Gasteiger partial charge in [-0.3, -0.25) is 4.79 Å². The molecule has 286 valence electrons. The van der Waals surface area contributed by atoms with Crippen molar-refractivity contribution in [3.05, 3.63) is 133 Å². The fraction of sp³-hybridized carbons (Fsp3) is 0.225. The Labute approximate surface area is 328 Å². The molecule has 1 aliphatic rings. The molecule has 5 atom stereocenters. The Morgan fingerprint density at radius 3 is 1.60 bits per heavy atom. The molecule has 1 saturated heterocycles. The van der Waals surface area contributed by atoms with E-state index in [2.05, 4.69) is 0 Å². The summed E-state index contributed by atoms with van der Waals surface area (Å²) in [7, 11) is 0. The van der Waals surface area contributed by atoms with Gasteiger partial charge in [0.1, 0.15) is 60.8 Å². The first-order valence-electron chi connectivity index (χ1n) is 16.9. The second-order valence-corrected chi connectivity index (χ2v) is 14.0. The maximum atomic E-state index is 14.3. The Hall–Kier alpha value is -4.76. The van der Waals surface area contributed by atoms with E-state index in [4.69, 9.17) is 62.9 Å². The van der Waals surface area contributed by atoms with E-state index >= 15 is 0 Å². The van der Waals surface area contributed by atoms with Gasteiger partial charge in [-0.25, -0.2) is 0 Å². The van der Waals surface area contributed by atoms with Crippen LogP contribution in [0.4, 0.5) is 0 Å². The highest BCUT2D eigenvalue weighted by molar-refractivity contribution is 6.31. The van der Waals surface area contributed by atoms with Gasteiger partial charge in [-0.1, -0.05) is 71.2 Å². The molecule has 5 aromatic carbocycles. The average molecular weight is 812 g/mol. The van der Waals surface area contributed by atoms with Crippen LogP contribution in [0.3, 0.4) is 0 Å². The van der Waals surface area contributed by atoms with Crippen molar-refractivity contribution in [2.75, 3.05) is 6.61 Å². The molecular weight excluding hydrogens is 779 g/mol. The highest BCUT2D eigenvalue weighted by Crippen LogP contribution is 2.45. The van der Waals surface area contributed by atoms with Crippen molar-refractivity contribution in [1.82, 2.24) is 0 Å². The van der Waals surface area contributed by atoms with E-state index in [-0.39, 0.29) is 59.0 Å². The number of ether oxygens (including phenoxy) is 5. The molecule has 0 unspecified atom stereocenters. The molecule has 0 spiro atoms. The molecule has 1 aliphatic heterocycles. The van der Waals surface area contributed by atoms with Gasteiger partial charge in [0.25, 0.3) is 0 Å². The normalized spacial score (nSPS) is 19.7. The van der Waals surface area contributed by atoms with Crippen LogP contribution in [0.5, 0.6) is 28.7 Å². The number of fused-ring (bicyclic) bond motifs is 2. The van der Waals surface area contributed by atoms with Crippen LogP contribution in [-0.2, 0) is 24.6 Å². The van der Waals surface area contributed by atoms with Crippen LogP contribution in [0.1, 0.15) is 16.7 Å². The number of benzene rings is 5. The van der Waals surface area contributed by atoms with Crippen molar-refractivity contribution in [2.24, 2.45) is 0 Å². The average Bonchev–Trinajstić information content (AvgIpc) is 3.18. The van der Waals surface area contributed by atoms with Crippen molar-refractivity contribution in [3.8, 4) is 28.7 Å². The first-order valence-corrected chi connectivity index (χ1v) is 18.0. The lowest BCUT2D eigenvalue weighted by atomic mass is 9.99. The standard InChI is InChI=1S/C40H33Cl3O12/c41-23-7-1-20(2-8-23)17-50-28-13-26-27(14-29(28)51-18-21-3-9-24(42)10-4-21)53-30-15-31(52-19-22-5-11-25(43)12-6-22)39(36(47)33(30)34(26)45)55-40-38(49)37(48)35(46)32(16-44)54-40/h1-15,32,35,37-38,40,44,46-49H,16-19H2/t32-,35-,37+,38-,40+/m1/s1. The number of aromatic hydroxyl groups is 1. The number of aliphatic hydroxyl groups excluding tert-OH is 4. The molecule has 5 N–H and O–H groups in total. The topological polar surface area (TPSA) is 178 Å². The van der Waals surface area contributed by atoms with Gasteiger partial charge in [-0.05, 0) is 59.2 Å². The molecule has 0 amide bonds. The predicted molar refractivity (Wildman–Crippen MR) is 203 cm³/mol. The minimum atomic E-state index is -1.84. The molecular formula is C40H33Cl3O12. The van der Waals surface area contributed by atoms with E-state index in [0.717, 1.165) is 11.1 Å². The Bertz CT molecular complexity index is 2350. The Morgan fingerprint density at radius 1 is 0.618 bits per heavy atom. The summed E-state index contributed by atoms with van der Waals surface area (Å²) in [6.45, 7) is -0.574. The second-order valence-electron chi connectivity index (χ2n) is 12.7. The zero-order valence-corrected chi connectivity index (χ0v) is 30.9. The second kappa shape index (κ2) is 16.5. The smallest absolute Gasteiger partial charge is 0.229 e. The van der Waals surface area contributed by atoms with Crippen LogP contribution >= 0.6 is 34.8 Å². The Kier molecular flexibility index (Phi) is 11.6. The van der Waals surface area contributed by atoms with Gasteiger partial charge in [0.05, 0.1) is 12.0 Å². The van der Waals surface area contributed by atoms with E-state index < -0.39 is 54.2 Å². The van der Waals surface area contributed by atoms with Crippen molar-refractivity contribution in [3.63, 3.8) is 0 Å². The highest BCUT2D eigenvalue weighted by Gasteiger charge is 2.45. The first kappa shape index (κ1) is 38.5. The monoisotopic (exact) mass is 810 g/mol. The molecule has 6 aromatic rings. The number of hydrogen-bond donors (Lipinski definition) is 5. The fourth-order valence-corrected chi connectivity index (χ4v) is 6.29. The molecule has 0 bridgehead atoms. The van der Waals surface area contributed by atoms with Crippen molar-refractivity contribution in [1.29, 1.82) is 0 Å². The third-order valence-electron chi connectivity index (χ3n) is 8.93. The summed E-state index contributed by atoms with van der Waals surface area (Å²) in [5.74, 6) is -0.864. The largest absolute Gasteiger partial charge is 0.504 e. The zero-order valence-electron chi connectivity index (χ0n) is 28.6. The maximum Gasteiger partial charge on any atom is 0.229 e. The van der Waals surface area contributed by atoms with E-state index in [1.165, 1.54) is 18.2 Å². The third-order valence-corrected chi connectivity index (χ3v) is 9.68. The summed E-state index contributed by atoms with van der Waals surface area (Å²) in [6.07, 6.45) is -8.33. The molecule has 2 heterocycles. The van der Waals surface area contributed by atoms with Crippen LogP contribution in [0.25, 0.3) is 21.9 Å². The molecule has 1 fully saturated rings. The predicted octanol–water partition coefficient (Wildman–Crippen LogP) is 6.53. The molecule has 0 saturated carbocycles. The van der Waals surface area contributed by atoms with Gasteiger partial charge < -0.3 is 53.6 Å². The number of phenolic OH excluding ortho intramolecular Hbond substituents is 1. The number of hydrogen-bond acceptors (Lipinski definition) is 12. The van der Waals surface area contributed by atoms with Gasteiger partial charge in [0.15, 0.2) is 23.0 Å². The summed E-state index contributed by atoms with van der Waals surface area (Å²) in [4.78, 5) is 14.3. The minimum Gasteiger partial charge on any atom is -0.504 e. The maximum absolute atomic E-state index is 14.3. The molecule has 7 rings (SSSR count). The van der Waals surface area contributed by atoms with Gasteiger partial charge in [-0.2, -0.15) is 0 Å². The lowest BCUT2D eigenvalue weighted by molar-refractivity contribution is -0.277. The molecule has 15 heteroatoms. The van der Waals surface area contributed by atoms with Gasteiger partial charge in [0, 0.05) is 27.2 Å². The summed E-state index contributed by atoms with van der Waals surface area (Å²) >= 11 is 18.2. The Morgan fingerprint density at radius 2 is 1.09 bits per heavy atom. The molecule has 55 heavy (non-hydrogen) atoms. The molecule has 12 nitrogen and oxygen atoms in total. The van der Waals surface area contributed by atoms with E-state index in [0.29, 0.717) is 20.6 Å². The summed E-state index contributed by atoms with van der Waals surface area (Å²) in [6, 6.07) is 25.1. The summed E-state index contributed by atoms with van der Waals surface area (Å²) < 4.78 is 36.0. The lowest BCUT2D eigenvalue weighted by Crippen LogP contribution is -2.60. The van der Waals surface area contributed by atoms with Crippen LogP contribution in [0, 0.1) is 0 Å². The van der Waals surface area contributed by atoms with Gasteiger partial charge in [0.2, 0.25) is 17.5 Å². The number of aliphatic hydroxyl groups is 4. The van der Waals surface area contributed by atoms with E-state index in [1.54, 1.807) is 60.7 Å². The highest BCUT2D eigenvalue weighted by atomic mass is 35.5. The molecule has 1 aromatic heterocycles. The van der Waals surface area contributed by atoms with Crippen molar-refractivity contribution < 1.29 is 53.6 Å². The van der Waals surface area contributed by atoms with E-state index in [1.807, 2.05) is 12.1 Å². The summed E-state index contributed by atoms with van der Waals surface area (Å²) in [5.41, 5.74) is 1.59. The molecule has 0 aliphatic carbocycles. The van der Waals surface area contributed by atoms with Crippen LogP contribution in [-0.4, -0.2) is 62.8 Å². The zero-order chi connectivity index (χ0) is 38.8. The van der Waals surface area contributed by atoms with Crippen molar-refractivity contribution >= 4 is 56.7 Å². The fourth-order valence-electron chi connectivity index (χ4n) is 5.91. The van der Waals surface area contributed by atoms with Crippen molar-refractivity contribution in [2.45, 2.75) is 50.5 Å². The van der Waals surface area contributed by atoms with Crippen LogP contribution in [0.15, 0.2) is 100 Å². The number of halogens is 3. The third kappa shape index (κ3) is 8.42. The minimum absolute atomic E-state index is 0.0152. The van der Waals surface area contributed by atoms with Gasteiger partial charge in [-0.15, -0.1) is 0 Å². The molecule has 0 radical (unpaired) electrons. The Balaban J connectivity index is 1.32. The quantitative estimate of drug-likeness (QED) is 0.0847. The van der Waals surface area contributed by atoms with Crippen LogP contribution in [0.2, 0.25) is 15.1 Å². The number of rotatable bonds is 12. The lowest BCUT2D eigenvalue weighted by Gasteiger charge is -2.39. The summed E-state index contributed by atoms with van der Waals surface area (Å²) in [5, 5.41) is 54.2. The first-order chi connectivity index (χ1) is 26.5. The SMILES string of the molecule is O=c1c2cc(OCc3ccc(Cl)cc3)c(OCc3ccc(Cl)cc3)cc2oc2cc(OCc3ccc(Cl)cc3)c(O[C@@H]3O[C@H](CO)[C@@H](O)[C@H](O)[C@H]3O)c(O)c12. The van der Waals surface area contributed by atoms with Gasteiger partial charge >= 0.3 is 0 Å². The van der Waals surface area contributed by atoms with E-state index in [9.17, 15) is 30.3 Å².